The van der Waals surface area contributed by atoms with Gasteiger partial charge in [0.05, 0.1) is 6.10 Å². The number of hydrogen-bond donors (Lipinski definition) is 0. The number of rotatable bonds is 3. The number of alkyl halides is 1. The number of piperidine rings is 1. The molecule has 0 aromatic heterocycles. The van der Waals surface area contributed by atoms with Gasteiger partial charge in [0.1, 0.15) is 0 Å². The van der Waals surface area contributed by atoms with Crippen LogP contribution in [-0.4, -0.2) is 42.2 Å². The van der Waals surface area contributed by atoms with Crippen LogP contribution >= 0.6 is 22.6 Å². The lowest BCUT2D eigenvalue weighted by Crippen LogP contribution is -2.37. The lowest BCUT2D eigenvalue weighted by Gasteiger charge is -2.30. The molecule has 0 bridgehead atoms. The maximum Gasteiger partial charge on any atom is 0.0595 e. The largest absolute Gasteiger partial charge is 0.381 e. The van der Waals surface area contributed by atoms with E-state index in [2.05, 4.69) is 27.5 Å². The van der Waals surface area contributed by atoms with E-state index in [1.54, 1.807) is 0 Å². The fourth-order valence-corrected chi connectivity index (χ4v) is 2.17. The van der Waals surface area contributed by atoms with Crippen LogP contribution in [0.5, 0.6) is 0 Å². The molecule has 0 aromatic rings. The van der Waals surface area contributed by atoms with Crippen molar-refractivity contribution in [2.45, 2.75) is 18.9 Å². The molecule has 0 aliphatic carbocycles. The van der Waals surface area contributed by atoms with Crippen molar-refractivity contribution in [2.75, 3.05) is 31.2 Å². The maximum atomic E-state index is 5.29. The quantitative estimate of drug-likeness (QED) is 0.569. The van der Waals surface area contributed by atoms with Gasteiger partial charge in [0.15, 0.2) is 0 Å². The van der Waals surface area contributed by atoms with Gasteiger partial charge in [-0.05, 0) is 12.8 Å². The Balaban J connectivity index is 2.14. The minimum atomic E-state index is 0.528. The number of nitrogens with zero attached hydrogens (tertiary/aromatic N) is 1. The molecular weight excluding hydrogens is 253 g/mol. The first-order valence-electron chi connectivity index (χ1n) is 4.18. The third kappa shape index (κ3) is 3.25. The Labute approximate surface area is 82.4 Å². The van der Waals surface area contributed by atoms with Crippen LogP contribution in [0, 0.1) is 0 Å². The molecule has 11 heavy (non-hydrogen) atoms. The molecule has 66 valence electrons. The molecular formula is C8H16INO. The predicted molar refractivity (Wildman–Crippen MR) is 55.4 cm³/mol. The molecule has 1 rings (SSSR count). The van der Waals surface area contributed by atoms with Crippen molar-refractivity contribution in [3.8, 4) is 0 Å². The molecule has 0 saturated carbocycles. The van der Waals surface area contributed by atoms with Crippen molar-refractivity contribution in [1.82, 2.24) is 4.90 Å². The molecule has 0 amide bonds. The van der Waals surface area contributed by atoms with Gasteiger partial charge in [-0.1, -0.05) is 22.6 Å². The summed E-state index contributed by atoms with van der Waals surface area (Å²) in [7, 11) is 1.82. The van der Waals surface area contributed by atoms with Crippen LogP contribution in [0.15, 0.2) is 0 Å². The van der Waals surface area contributed by atoms with Crippen molar-refractivity contribution in [1.29, 1.82) is 0 Å². The Morgan fingerprint density at radius 2 is 2.09 bits per heavy atom. The highest BCUT2D eigenvalue weighted by molar-refractivity contribution is 14.1. The lowest BCUT2D eigenvalue weighted by atomic mass is 10.1. The van der Waals surface area contributed by atoms with Crippen LogP contribution in [0.25, 0.3) is 0 Å². The molecule has 1 fully saturated rings. The van der Waals surface area contributed by atoms with Crippen LogP contribution in [0.2, 0.25) is 0 Å². The molecule has 1 aliphatic rings. The summed E-state index contributed by atoms with van der Waals surface area (Å²) >= 11 is 2.43. The van der Waals surface area contributed by atoms with E-state index in [9.17, 15) is 0 Å². The smallest absolute Gasteiger partial charge is 0.0595 e. The summed E-state index contributed by atoms with van der Waals surface area (Å²) in [5, 5.41) is 0. The second-order valence-corrected chi connectivity index (χ2v) is 4.04. The molecule has 2 nitrogen and oxygen atoms in total. The van der Waals surface area contributed by atoms with Crippen LogP contribution in [0.3, 0.4) is 0 Å². The third-order valence-corrected chi connectivity index (χ3v) is 2.75. The van der Waals surface area contributed by atoms with Crippen LogP contribution < -0.4 is 0 Å². The van der Waals surface area contributed by atoms with Crippen LogP contribution in [-0.2, 0) is 4.74 Å². The Bertz CT molecular complexity index is 102. The number of methoxy groups -OCH3 is 1. The zero-order chi connectivity index (χ0) is 8.10. The van der Waals surface area contributed by atoms with E-state index < -0.39 is 0 Å². The van der Waals surface area contributed by atoms with Gasteiger partial charge in [-0.2, -0.15) is 0 Å². The van der Waals surface area contributed by atoms with Crippen LogP contribution in [0.1, 0.15) is 12.8 Å². The number of hydrogen-bond acceptors (Lipinski definition) is 2. The molecule has 0 radical (unpaired) electrons. The highest BCUT2D eigenvalue weighted by Crippen LogP contribution is 2.12. The molecule has 1 heterocycles. The van der Waals surface area contributed by atoms with Crippen LogP contribution in [0.4, 0.5) is 0 Å². The van der Waals surface area contributed by atoms with E-state index in [4.69, 9.17) is 4.74 Å². The molecule has 0 spiro atoms. The van der Waals surface area contributed by atoms with Crippen molar-refractivity contribution < 1.29 is 4.74 Å². The average molecular weight is 269 g/mol. The van der Waals surface area contributed by atoms with Gasteiger partial charge in [-0.25, -0.2) is 0 Å². The van der Waals surface area contributed by atoms with E-state index in [1.807, 2.05) is 7.11 Å². The molecule has 3 heteroatoms. The molecule has 0 atom stereocenters. The van der Waals surface area contributed by atoms with Crippen molar-refractivity contribution >= 4 is 22.6 Å². The Morgan fingerprint density at radius 1 is 1.45 bits per heavy atom. The van der Waals surface area contributed by atoms with E-state index >= 15 is 0 Å². The van der Waals surface area contributed by atoms with Gasteiger partial charge in [-0.15, -0.1) is 0 Å². The van der Waals surface area contributed by atoms with E-state index in [0.29, 0.717) is 6.10 Å². The topological polar surface area (TPSA) is 12.5 Å². The first-order chi connectivity index (χ1) is 5.36. The fraction of sp³-hybridized carbons (Fsp3) is 1.00. The first kappa shape index (κ1) is 9.74. The Kier molecular flexibility index (Phi) is 4.71. The van der Waals surface area contributed by atoms with Gasteiger partial charge in [0.25, 0.3) is 0 Å². The number of likely N-dealkylation sites (tertiary alicyclic amines) is 1. The minimum Gasteiger partial charge on any atom is -0.381 e. The molecule has 0 aromatic carbocycles. The van der Waals surface area contributed by atoms with Gasteiger partial charge in [-0.3, -0.25) is 0 Å². The summed E-state index contributed by atoms with van der Waals surface area (Å²) in [4.78, 5) is 2.52. The molecule has 0 unspecified atom stereocenters. The van der Waals surface area contributed by atoms with Crippen molar-refractivity contribution in [3.63, 3.8) is 0 Å². The fourth-order valence-electron chi connectivity index (χ4n) is 1.49. The molecule has 1 aliphatic heterocycles. The van der Waals surface area contributed by atoms with E-state index in [0.717, 1.165) is 0 Å². The highest BCUT2D eigenvalue weighted by atomic mass is 127. The monoisotopic (exact) mass is 269 g/mol. The van der Waals surface area contributed by atoms with Crippen molar-refractivity contribution in [2.24, 2.45) is 0 Å². The van der Waals surface area contributed by atoms with Crippen molar-refractivity contribution in [3.05, 3.63) is 0 Å². The maximum absolute atomic E-state index is 5.29. The third-order valence-electron chi connectivity index (χ3n) is 2.27. The summed E-state index contributed by atoms with van der Waals surface area (Å²) in [5.74, 6) is 0. The molecule has 0 N–H and O–H groups in total. The summed E-state index contributed by atoms with van der Waals surface area (Å²) < 4.78 is 6.53. The highest BCUT2D eigenvalue weighted by Gasteiger charge is 2.17. The lowest BCUT2D eigenvalue weighted by molar-refractivity contribution is 0.0432. The Morgan fingerprint density at radius 3 is 2.55 bits per heavy atom. The summed E-state index contributed by atoms with van der Waals surface area (Å²) in [6, 6.07) is 0. The van der Waals surface area contributed by atoms with Gasteiger partial charge >= 0.3 is 0 Å². The minimum absolute atomic E-state index is 0.528. The summed E-state index contributed by atoms with van der Waals surface area (Å²) in [6.07, 6.45) is 2.96. The normalized spacial score (nSPS) is 22.4. The summed E-state index contributed by atoms with van der Waals surface area (Å²) in [5.41, 5.74) is 0. The van der Waals surface area contributed by atoms with Gasteiger partial charge < -0.3 is 9.64 Å². The second-order valence-electron chi connectivity index (χ2n) is 2.97. The van der Waals surface area contributed by atoms with E-state index in [1.165, 1.54) is 36.9 Å². The number of halogens is 1. The van der Waals surface area contributed by atoms with Gasteiger partial charge in [0, 0.05) is 31.2 Å². The van der Waals surface area contributed by atoms with Gasteiger partial charge in [0.2, 0.25) is 0 Å². The second kappa shape index (κ2) is 5.32. The Hall–Kier alpha value is 0.650. The van der Waals surface area contributed by atoms with E-state index in [-0.39, 0.29) is 0 Å². The molecule has 1 saturated heterocycles. The summed E-state index contributed by atoms with van der Waals surface area (Å²) in [6.45, 7) is 3.69. The first-order valence-corrected chi connectivity index (χ1v) is 5.70. The predicted octanol–water partition coefficient (Wildman–Crippen LogP) is 1.53. The SMILES string of the molecule is COC1CCN(CCI)CC1. The average Bonchev–Trinajstić information content (AvgIpc) is 2.07. The number of ether oxygens (including phenoxy) is 1. The standard InChI is InChI=1S/C8H16INO/c1-11-8-2-5-10(6-3-8)7-4-9/h8H,2-7H2,1H3. The zero-order valence-corrected chi connectivity index (χ0v) is 9.21. The zero-order valence-electron chi connectivity index (χ0n) is 7.05.